The van der Waals surface area contributed by atoms with Crippen molar-refractivity contribution in [3.63, 3.8) is 0 Å². The van der Waals surface area contributed by atoms with Crippen LogP contribution in [0.5, 0.6) is 17.2 Å². The first-order valence-electron chi connectivity index (χ1n) is 8.07. The van der Waals surface area contributed by atoms with Gasteiger partial charge in [-0.15, -0.1) is 0 Å². The van der Waals surface area contributed by atoms with Crippen LogP contribution in [0.15, 0.2) is 34.6 Å². The summed E-state index contributed by atoms with van der Waals surface area (Å²) in [5, 5.41) is 11.8. The van der Waals surface area contributed by atoms with Gasteiger partial charge >= 0.3 is 6.09 Å². The summed E-state index contributed by atoms with van der Waals surface area (Å²) in [6.07, 6.45) is 2.90. The van der Waals surface area contributed by atoms with Gasteiger partial charge in [0, 0.05) is 11.8 Å². The number of nitrogens with one attached hydrogen (secondary N) is 1. The van der Waals surface area contributed by atoms with Crippen molar-refractivity contribution in [2.24, 2.45) is 0 Å². The number of phenolic OH excluding ortho intramolecular Hbond substituents is 1. The van der Waals surface area contributed by atoms with Crippen molar-refractivity contribution in [1.29, 1.82) is 0 Å². The van der Waals surface area contributed by atoms with Crippen molar-refractivity contribution < 1.29 is 37.3 Å². The minimum atomic E-state index is -3.96. The molecule has 1 saturated heterocycles. The predicted molar refractivity (Wildman–Crippen MR) is 106 cm³/mol. The predicted octanol–water partition coefficient (Wildman–Crippen LogP) is 2.55. The number of nitrogens with zero attached hydrogens (tertiary/aromatic N) is 1. The fourth-order valence-corrected chi connectivity index (χ4v) is 4.49. The van der Waals surface area contributed by atoms with Crippen molar-refractivity contribution in [2.75, 3.05) is 18.1 Å². The number of benzene rings is 1. The molecule has 0 bridgehead atoms. The van der Waals surface area contributed by atoms with Gasteiger partial charge in [-0.25, -0.2) is 18.1 Å². The topological polar surface area (TPSA) is 131 Å². The molecule has 2 amide bonds. The zero-order chi connectivity index (χ0) is 21.2. The number of hydrogen-bond acceptors (Lipinski definition) is 9. The number of sulfonamides is 1. The molecule has 0 saturated carbocycles. The molecule has 3 rings (SSSR count). The number of anilines is 1. The third kappa shape index (κ3) is 4.03. The van der Waals surface area contributed by atoms with Gasteiger partial charge < -0.3 is 19.3 Å². The van der Waals surface area contributed by atoms with Crippen molar-refractivity contribution in [3.8, 4) is 17.2 Å². The van der Waals surface area contributed by atoms with E-state index in [2.05, 4.69) is 16.0 Å². The second-order valence-corrected chi connectivity index (χ2v) is 8.48. The van der Waals surface area contributed by atoms with E-state index < -0.39 is 22.0 Å². The molecule has 0 unspecified atom stereocenters. The molecule has 1 aromatic carbocycles. The van der Waals surface area contributed by atoms with E-state index in [1.54, 1.807) is 6.92 Å². The Kier molecular flexibility index (Phi) is 5.75. The summed E-state index contributed by atoms with van der Waals surface area (Å²) in [4.78, 5) is 23.9. The molecule has 0 aromatic heterocycles. The van der Waals surface area contributed by atoms with Crippen molar-refractivity contribution in [1.82, 2.24) is 4.90 Å². The summed E-state index contributed by atoms with van der Waals surface area (Å²) in [7, 11) is -3.96. The number of allylic oxidation sites excluding steroid dienone is 1. The fourth-order valence-electron chi connectivity index (χ4n) is 2.50. The highest BCUT2D eigenvalue weighted by molar-refractivity contribution is 8.20. The Balaban J connectivity index is 2.00. The Morgan fingerprint density at radius 3 is 2.66 bits per heavy atom. The SMILES string of the molecule is C=CS/C(=C\C)S(=O)(=O)Nc1cc(/C=C/N2C(=O)COC2=O)c(O)c2c1OCO2. The zero-order valence-electron chi connectivity index (χ0n) is 15.1. The molecule has 0 spiro atoms. The molecule has 10 nitrogen and oxygen atoms in total. The normalized spacial score (nSPS) is 16.4. The summed E-state index contributed by atoms with van der Waals surface area (Å²) in [6.45, 7) is 4.46. The number of cyclic esters (lactones) is 1. The van der Waals surface area contributed by atoms with Crippen LogP contribution in [0.2, 0.25) is 0 Å². The van der Waals surface area contributed by atoms with E-state index in [-0.39, 0.29) is 46.1 Å². The van der Waals surface area contributed by atoms with Crippen LogP contribution in [0.3, 0.4) is 0 Å². The van der Waals surface area contributed by atoms with Gasteiger partial charge in [-0.2, -0.15) is 0 Å². The number of imide groups is 1. The standard InChI is InChI=1S/C17H16N2O8S2/c1-3-13(28-4-2)29(23,24)18-11-7-10(14(21)16-15(11)26-9-27-16)5-6-19-12(20)8-25-17(19)22/h3-7,18,21H,2,8-9H2,1H3/b6-5+,13-3+. The van der Waals surface area contributed by atoms with Crippen LogP contribution in [-0.2, 0) is 19.6 Å². The first-order chi connectivity index (χ1) is 13.8. The number of fused-ring (bicyclic) bond motifs is 1. The third-order valence-electron chi connectivity index (χ3n) is 3.78. The molecule has 2 aliphatic heterocycles. The first kappa shape index (κ1) is 20.6. The van der Waals surface area contributed by atoms with E-state index >= 15 is 0 Å². The van der Waals surface area contributed by atoms with Gasteiger partial charge in [-0.1, -0.05) is 24.4 Å². The number of thioether (sulfide) groups is 1. The molecule has 2 N–H and O–H groups in total. The van der Waals surface area contributed by atoms with Crippen molar-refractivity contribution in [2.45, 2.75) is 6.92 Å². The average Bonchev–Trinajstić information content (AvgIpc) is 3.28. The maximum absolute atomic E-state index is 12.6. The molecule has 154 valence electrons. The van der Waals surface area contributed by atoms with E-state index in [1.165, 1.54) is 23.6 Å². The van der Waals surface area contributed by atoms with Gasteiger partial charge in [0.05, 0.1) is 5.69 Å². The second-order valence-electron chi connectivity index (χ2n) is 5.56. The maximum atomic E-state index is 12.6. The summed E-state index contributed by atoms with van der Waals surface area (Å²) in [5.41, 5.74) is 0.0899. The second kappa shape index (κ2) is 8.09. The summed E-state index contributed by atoms with van der Waals surface area (Å²) < 4.78 is 42.7. The summed E-state index contributed by atoms with van der Waals surface area (Å²) >= 11 is 0.914. The lowest BCUT2D eigenvalue weighted by atomic mass is 10.1. The van der Waals surface area contributed by atoms with E-state index in [1.807, 2.05) is 0 Å². The molecule has 2 heterocycles. The van der Waals surface area contributed by atoms with Crippen LogP contribution in [0.1, 0.15) is 12.5 Å². The van der Waals surface area contributed by atoms with Crippen LogP contribution < -0.4 is 14.2 Å². The highest BCUT2D eigenvalue weighted by Crippen LogP contribution is 2.49. The van der Waals surface area contributed by atoms with Crippen LogP contribution in [0, 0.1) is 0 Å². The molecule has 2 aliphatic rings. The zero-order valence-corrected chi connectivity index (χ0v) is 16.7. The van der Waals surface area contributed by atoms with E-state index in [9.17, 15) is 23.1 Å². The van der Waals surface area contributed by atoms with Gasteiger partial charge in [0.15, 0.2) is 18.1 Å². The molecule has 1 aromatic rings. The number of amides is 2. The molecule has 0 radical (unpaired) electrons. The number of carbonyl (C=O) groups excluding carboxylic acids is 2. The number of ether oxygens (including phenoxy) is 3. The van der Waals surface area contributed by atoms with Crippen molar-refractivity contribution in [3.05, 3.63) is 40.1 Å². The monoisotopic (exact) mass is 440 g/mol. The smallest absolute Gasteiger partial charge is 0.421 e. The Morgan fingerprint density at radius 1 is 1.31 bits per heavy atom. The minimum absolute atomic E-state index is 0.00860. The van der Waals surface area contributed by atoms with E-state index in [4.69, 9.17) is 9.47 Å². The lowest BCUT2D eigenvalue weighted by molar-refractivity contribution is -0.124. The maximum Gasteiger partial charge on any atom is 0.421 e. The third-order valence-corrected chi connectivity index (χ3v) is 6.61. The minimum Gasteiger partial charge on any atom is -0.504 e. The number of carbonyl (C=O) groups is 2. The van der Waals surface area contributed by atoms with Gasteiger partial charge in [0.1, 0.15) is 4.24 Å². The quantitative estimate of drug-likeness (QED) is 0.614. The van der Waals surface area contributed by atoms with Crippen LogP contribution in [0.25, 0.3) is 6.08 Å². The Morgan fingerprint density at radius 2 is 2.03 bits per heavy atom. The number of rotatable bonds is 7. The highest BCUT2D eigenvalue weighted by Gasteiger charge is 2.30. The molecule has 0 aliphatic carbocycles. The van der Waals surface area contributed by atoms with Gasteiger partial charge in [-0.05, 0) is 24.5 Å². The summed E-state index contributed by atoms with van der Waals surface area (Å²) in [5.74, 6) is -0.979. The van der Waals surface area contributed by atoms with Crippen molar-refractivity contribution >= 4 is 45.5 Å². The first-order valence-corrected chi connectivity index (χ1v) is 10.4. The molecule has 0 atom stereocenters. The lowest BCUT2D eigenvalue weighted by Gasteiger charge is -2.13. The van der Waals surface area contributed by atoms with Gasteiger partial charge in [0.2, 0.25) is 12.5 Å². The van der Waals surface area contributed by atoms with Crippen LogP contribution >= 0.6 is 11.8 Å². The Labute approximate surface area is 170 Å². The molecular weight excluding hydrogens is 424 g/mol. The Hall–Kier alpha value is -3.12. The molecule has 29 heavy (non-hydrogen) atoms. The fraction of sp³-hybridized carbons (Fsp3) is 0.176. The van der Waals surface area contributed by atoms with Crippen LogP contribution in [0.4, 0.5) is 10.5 Å². The number of hydrogen-bond donors (Lipinski definition) is 2. The number of phenols is 1. The number of aromatic hydroxyl groups is 1. The molecule has 1 fully saturated rings. The molecular formula is C17H16N2O8S2. The lowest BCUT2D eigenvalue weighted by Crippen LogP contribution is -2.22. The van der Waals surface area contributed by atoms with E-state index in [0.717, 1.165) is 22.9 Å². The highest BCUT2D eigenvalue weighted by atomic mass is 32.3. The van der Waals surface area contributed by atoms with Gasteiger partial charge in [-0.3, -0.25) is 9.52 Å². The van der Waals surface area contributed by atoms with Gasteiger partial charge in [0.25, 0.3) is 15.9 Å². The Bertz CT molecular complexity index is 1030. The average molecular weight is 440 g/mol. The largest absolute Gasteiger partial charge is 0.504 e. The molecule has 12 heteroatoms. The summed E-state index contributed by atoms with van der Waals surface area (Å²) in [6, 6.07) is 1.29. The van der Waals surface area contributed by atoms with Crippen LogP contribution in [-0.4, -0.2) is 43.8 Å². The van der Waals surface area contributed by atoms with E-state index in [0.29, 0.717) is 0 Å².